The first-order valence-corrected chi connectivity index (χ1v) is 11.7. The van der Waals surface area contributed by atoms with Crippen LogP contribution in [0.15, 0.2) is 35.7 Å². The third kappa shape index (κ3) is 3.76. The van der Waals surface area contributed by atoms with Crippen LogP contribution in [0.25, 0.3) is 12.2 Å². The van der Waals surface area contributed by atoms with Crippen molar-refractivity contribution in [2.75, 3.05) is 12.9 Å². The number of hydrogen-bond donors (Lipinski definition) is 1. The number of sulfone groups is 1. The van der Waals surface area contributed by atoms with Gasteiger partial charge >= 0.3 is 0 Å². The molecule has 0 aromatic carbocycles. The molecule has 0 saturated carbocycles. The molecule has 2 atom stereocenters. The summed E-state index contributed by atoms with van der Waals surface area (Å²) >= 11 is 0. The SMILES string of the molecule is COC1C=C(NC2=CCC=c3c(c4c(n3C)CCS(=O)(=O)C4)=C2)C=CC(C)C1. The van der Waals surface area contributed by atoms with Gasteiger partial charge in [-0.15, -0.1) is 0 Å². The summed E-state index contributed by atoms with van der Waals surface area (Å²) in [5.74, 6) is 0.833. The van der Waals surface area contributed by atoms with Crippen molar-refractivity contribution in [1.29, 1.82) is 0 Å². The Morgan fingerprint density at radius 1 is 1.25 bits per heavy atom. The van der Waals surface area contributed by atoms with Crippen LogP contribution in [-0.2, 0) is 33.8 Å². The maximum Gasteiger partial charge on any atom is 0.154 e. The molecular formula is C22H28N2O3S. The summed E-state index contributed by atoms with van der Waals surface area (Å²) in [5.41, 5.74) is 4.12. The molecule has 6 heteroatoms. The number of nitrogens with zero attached hydrogens (tertiary/aromatic N) is 1. The number of fused-ring (bicyclic) bond motifs is 3. The van der Waals surface area contributed by atoms with Gasteiger partial charge in [0.1, 0.15) is 0 Å². The number of allylic oxidation sites excluding steroid dienone is 4. The summed E-state index contributed by atoms with van der Waals surface area (Å²) in [4.78, 5) is 0. The topological polar surface area (TPSA) is 60.3 Å². The Balaban J connectivity index is 1.73. The molecule has 1 aromatic rings. The first-order chi connectivity index (χ1) is 13.4. The van der Waals surface area contributed by atoms with Gasteiger partial charge in [-0.1, -0.05) is 25.2 Å². The van der Waals surface area contributed by atoms with Crippen LogP contribution in [0.5, 0.6) is 0 Å². The molecule has 1 aliphatic heterocycles. The molecule has 0 radical (unpaired) electrons. The summed E-state index contributed by atoms with van der Waals surface area (Å²) in [6.45, 7) is 2.19. The van der Waals surface area contributed by atoms with Crippen LogP contribution >= 0.6 is 0 Å². The largest absolute Gasteiger partial charge is 0.377 e. The summed E-state index contributed by atoms with van der Waals surface area (Å²) in [5, 5.41) is 5.67. The Bertz CT molecular complexity index is 1100. The van der Waals surface area contributed by atoms with E-state index in [4.69, 9.17) is 4.74 Å². The first kappa shape index (κ1) is 19.3. The van der Waals surface area contributed by atoms with Crippen molar-refractivity contribution in [3.8, 4) is 0 Å². The Kier molecular flexibility index (Phi) is 5.10. The molecule has 150 valence electrons. The molecule has 0 bridgehead atoms. The van der Waals surface area contributed by atoms with Gasteiger partial charge < -0.3 is 14.6 Å². The fourth-order valence-corrected chi connectivity index (χ4v) is 5.73. The third-order valence-electron chi connectivity index (χ3n) is 5.84. The molecule has 2 unspecified atom stereocenters. The fraction of sp³-hybridized carbons (Fsp3) is 0.455. The maximum absolute atomic E-state index is 12.2. The average molecular weight is 401 g/mol. The van der Waals surface area contributed by atoms with Gasteiger partial charge in [-0.2, -0.15) is 0 Å². The van der Waals surface area contributed by atoms with E-state index in [1.54, 1.807) is 7.11 Å². The van der Waals surface area contributed by atoms with Crippen molar-refractivity contribution < 1.29 is 13.2 Å². The lowest BCUT2D eigenvalue weighted by Gasteiger charge is -2.15. The number of aromatic nitrogens is 1. The van der Waals surface area contributed by atoms with Gasteiger partial charge in [0, 0.05) is 48.2 Å². The van der Waals surface area contributed by atoms with Crippen LogP contribution in [0.1, 0.15) is 31.0 Å². The van der Waals surface area contributed by atoms with E-state index in [0.29, 0.717) is 12.3 Å². The smallest absolute Gasteiger partial charge is 0.154 e. The normalized spacial score (nSPS) is 25.8. The fourth-order valence-electron chi connectivity index (χ4n) is 4.32. The molecule has 3 aliphatic rings. The minimum atomic E-state index is -3.02. The predicted octanol–water partition coefficient (Wildman–Crippen LogP) is 1.43. The van der Waals surface area contributed by atoms with Gasteiger partial charge in [-0.3, -0.25) is 0 Å². The summed E-state index contributed by atoms with van der Waals surface area (Å²) in [7, 11) is 0.762. The highest BCUT2D eigenvalue weighted by atomic mass is 32.2. The zero-order chi connectivity index (χ0) is 19.9. The minimum Gasteiger partial charge on any atom is -0.377 e. The van der Waals surface area contributed by atoms with E-state index in [0.717, 1.165) is 46.1 Å². The van der Waals surface area contributed by atoms with Crippen molar-refractivity contribution in [2.45, 2.75) is 38.0 Å². The highest BCUT2D eigenvalue weighted by Gasteiger charge is 2.26. The van der Waals surface area contributed by atoms with Crippen molar-refractivity contribution in [1.82, 2.24) is 9.88 Å². The highest BCUT2D eigenvalue weighted by molar-refractivity contribution is 7.90. The van der Waals surface area contributed by atoms with Crippen LogP contribution < -0.4 is 15.9 Å². The van der Waals surface area contributed by atoms with E-state index >= 15 is 0 Å². The Labute approximate surface area is 166 Å². The monoisotopic (exact) mass is 400 g/mol. The predicted molar refractivity (Wildman–Crippen MR) is 112 cm³/mol. The van der Waals surface area contributed by atoms with E-state index in [2.05, 4.69) is 53.3 Å². The molecule has 2 aliphatic carbocycles. The minimum absolute atomic E-state index is 0.0793. The molecule has 0 spiro atoms. The van der Waals surface area contributed by atoms with E-state index in [-0.39, 0.29) is 17.6 Å². The van der Waals surface area contributed by atoms with E-state index in [1.807, 2.05) is 7.05 Å². The quantitative estimate of drug-likeness (QED) is 0.834. The van der Waals surface area contributed by atoms with Gasteiger partial charge in [0.05, 0.1) is 17.6 Å². The lowest BCUT2D eigenvalue weighted by Crippen LogP contribution is -2.30. The Hall–Kier alpha value is -2.05. The zero-order valence-corrected chi connectivity index (χ0v) is 17.6. The number of hydrogen-bond acceptors (Lipinski definition) is 4. The second-order valence-electron chi connectivity index (χ2n) is 7.96. The zero-order valence-electron chi connectivity index (χ0n) is 16.7. The van der Waals surface area contributed by atoms with Crippen LogP contribution in [0, 0.1) is 5.92 Å². The molecule has 0 fully saturated rings. The lowest BCUT2D eigenvalue weighted by molar-refractivity contribution is 0.125. The second-order valence-corrected chi connectivity index (χ2v) is 10.1. The molecule has 1 N–H and O–H groups in total. The van der Waals surface area contributed by atoms with Crippen molar-refractivity contribution in [3.63, 3.8) is 0 Å². The maximum atomic E-state index is 12.2. The third-order valence-corrected chi connectivity index (χ3v) is 7.40. The van der Waals surface area contributed by atoms with Crippen molar-refractivity contribution in [3.05, 3.63) is 57.5 Å². The van der Waals surface area contributed by atoms with Gasteiger partial charge in [-0.25, -0.2) is 8.42 Å². The number of ether oxygens (including phenoxy) is 1. The van der Waals surface area contributed by atoms with Gasteiger partial charge in [0.25, 0.3) is 0 Å². The van der Waals surface area contributed by atoms with E-state index in [9.17, 15) is 8.42 Å². The average Bonchev–Trinajstić information content (AvgIpc) is 2.83. The summed E-state index contributed by atoms with van der Waals surface area (Å²) in [6.07, 6.45) is 15.3. The van der Waals surface area contributed by atoms with Crippen LogP contribution in [0.2, 0.25) is 0 Å². The summed E-state index contributed by atoms with van der Waals surface area (Å²) in [6, 6.07) is 0. The van der Waals surface area contributed by atoms with Crippen LogP contribution in [-0.4, -0.2) is 32.0 Å². The van der Waals surface area contributed by atoms with E-state index < -0.39 is 9.84 Å². The Morgan fingerprint density at radius 2 is 2.07 bits per heavy atom. The number of methoxy groups -OCH3 is 1. The molecule has 0 amide bonds. The van der Waals surface area contributed by atoms with Crippen molar-refractivity contribution >= 4 is 22.0 Å². The lowest BCUT2D eigenvalue weighted by atomic mass is 10.1. The first-order valence-electron chi connectivity index (χ1n) is 9.85. The standard InChI is InChI=1S/C22H28N2O3S/c1-15-7-8-17(12-18(11-15)27-3)23-16-5-4-6-21-19(13-16)20-14-28(25,26)10-9-22(20)24(21)2/h5-8,12-13,15,18,23H,4,9-11,14H2,1-3H3. The molecule has 0 saturated heterocycles. The molecular weight excluding hydrogens is 372 g/mol. The molecule has 2 heterocycles. The molecule has 1 aromatic heterocycles. The molecule has 5 nitrogen and oxygen atoms in total. The molecule has 28 heavy (non-hydrogen) atoms. The number of rotatable bonds is 3. The van der Waals surface area contributed by atoms with E-state index in [1.165, 1.54) is 0 Å². The number of nitrogens with one attached hydrogen (secondary N) is 1. The highest BCUT2D eigenvalue weighted by Crippen LogP contribution is 2.20. The Morgan fingerprint density at radius 3 is 2.86 bits per heavy atom. The van der Waals surface area contributed by atoms with Crippen LogP contribution in [0.4, 0.5) is 0 Å². The van der Waals surface area contributed by atoms with Gasteiger partial charge in [0.2, 0.25) is 0 Å². The van der Waals surface area contributed by atoms with Gasteiger partial charge in [0.15, 0.2) is 9.84 Å². The van der Waals surface area contributed by atoms with Gasteiger partial charge in [-0.05, 0) is 42.6 Å². The second kappa shape index (κ2) is 7.41. The summed E-state index contributed by atoms with van der Waals surface area (Å²) < 4.78 is 32.2. The van der Waals surface area contributed by atoms with Crippen LogP contribution in [0.3, 0.4) is 0 Å². The van der Waals surface area contributed by atoms with Crippen molar-refractivity contribution in [2.24, 2.45) is 13.0 Å². The molecule has 4 rings (SSSR count).